The Kier molecular flexibility index (Phi) is 5.63. The summed E-state index contributed by atoms with van der Waals surface area (Å²) < 4.78 is 12.0. The van der Waals surface area contributed by atoms with E-state index in [9.17, 15) is 4.79 Å². The van der Waals surface area contributed by atoms with E-state index >= 15 is 0 Å². The number of hydrogen-bond donors (Lipinski definition) is 0. The van der Waals surface area contributed by atoms with Gasteiger partial charge in [0, 0.05) is 26.1 Å². The highest BCUT2D eigenvalue weighted by molar-refractivity contribution is 5.78. The van der Waals surface area contributed by atoms with Crippen molar-refractivity contribution in [2.24, 2.45) is 5.92 Å². The van der Waals surface area contributed by atoms with Crippen molar-refractivity contribution >= 4 is 5.91 Å². The average molecular weight is 407 g/mol. The maximum Gasteiger partial charge on any atom is 0.222 e. The number of rotatable bonds is 5. The van der Waals surface area contributed by atoms with Crippen LogP contribution in [0.5, 0.6) is 11.5 Å². The number of carbonyl (C=O) groups is 1. The van der Waals surface area contributed by atoms with Crippen LogP contribution in [-0.2, 0) is 11.3 Å². The molecular formula is C25H30N2O3. The molecule has 0 aliphatic carbocycles. The predicted octanol–water partition coefficient (Wildman–Crippen LogP) is 4.03. The van der Waals surface area contributed by atoms with Crippen LogP contribution in [0.1, 0.15) is 42.9 Å². The molecule has 2 aromatic rings. The van der Waals surface area contributed by atoms with E-state index in [1.165, 1.54) is 18.4 Å². The summed E-state index contributed by atoms with van der Waals surface area (Å²) in [6.45, 7) is 5.69. The molecule has 2 saturated heterocycles. The van der Waals surface area contributed by atoms with Crippen molar-refractivity contribution in [1.29, 1.82) is 0 Å². The number of ether oxygens (including phenoxy) is 2. The van der Waals surface area contributed by atoms with Crippen molar-refractivity contribution in [3.63, 3.8) is 0 Å². The second-order valence-corrected chi connectivity index (χ2v) is 8.77. The number of piperidine rings is 1. The lowest BCUT2D eigenvalue weighted by Crippen LogP contribution is -2.38. The van der Waals surface area contributed by atoms with Gasteiger partial charge in [-0.05, 0) is 61.5 Å². The third kappa shape index (κ3) is 4.31. The van der Waals surface area contributed by atoms with E-state index in [0.29, 0.717) is 18.4 Å². The summed E-state index contributed by atoms with van der Waals surface area (Å²) >= 11 is 0. The van der Waals surface area contributed by atoms with Gasteiger partial charge >= 0.3 is 0 Å². The molecule has 158 valence electrons. The second-order valence-electron chi connectivity index (χ2n) is 8.77. The minimum Gasteiger partial charge on any atom is -0.485 e. The fourth-order valence-corrected chi connectivity index (χ4v) is 4.82. The number of fused-ring (bicyclic) bond motifs is 1. The van der Waals surface area contributed by atoms with Crippen LogP contribution >= 0.6 is 0 Å². The smallest absolute Gasteiger partial charge is 0.222 e. The summed E-state index contributed by atoms with van der Waals surface area (Å²) in [7, 11) is 0. The van der Waals surface area contributed by atoms with Gasteiger partial charge in [-0.25, -0.2) is 0 Å². The van der Waals surface area contributed by atoms with Crippen LogP contribution in [-0.4, -0.2) is 48.5 Å². The monoisotopic (exact) mass is 406 g/mol. The molecule has 3 aliphatic rings. The van der Waals surface area contributed by atoms with Gasteiger partial charge in [0.2, 0.25) is 5.91 Å². The van der Waals surface area contributed by atoms with Crippen LogP contribution in [0.15, 0.2) is 48.5 Å². The first-order chi connectivity index (χ1) is 14.7. The van der Waals surface area contributed by atoms with Gasteiger partial charge in [0.05, 0.1) is 0 Å². The van der Waals surface area contributed by atoms with Gasteiger partial charge in [0.25, 0.3) is 0 Å². The molecule has 0 unspecified atom stereocenters. The summed E-state index contributed by atoms with van der Waals surface area (Å²) in [5, 5.41) is 0. The second kappa shape index (κ2) is 8.68. The van der Waals surface area contributed by atoms with Crippen LogP contribution in [0.3, 0.4) is 0 Å². The summed E-state index contributed by atoms with van der Waals surface area (Å²) in [6.07, 6.45) is 4.11. The summed E-state index contributed by atoms with van der Waals surface area (Å²) in [5.74, 6) is 2.66. The minimum atomic E-state index is -0.0574. The van der Waals surface area contributed by atoms with Crippen molar-refractivity contribution in [2.75, 3.05) is 32.8 Å². The van der Waals surface area contributed by atoms with Crippen LogP contribution < -0.4 is 9.47 Å². The number of carbonyl (C=O) groups excluding carboxylic acids is 1. The number of nitrogens with zero attached hydrogens (tertiary/aromatic N) is 2. The zero-order chi connectivity index (χ0) is 20.3. The molecule has 0 saturated carbocycles. The number of para-hydroxylation sites is 2. The Bertz CT molecular complexity index is 874. The van der Waals surface area contributed by atoms with Gasteiger partial charge in [-0.3, -0.25) is 9.69 Å². The Morgan fingerprint density at radius 1 is 0.933 bits per heavy atom. The van der Waals surface area contributed by atoms with Gasteiger partial charge in [-0.2, -0.15) is 0 Å². The Balaban J connectivity index is 1.12. The molecular weight excluding hydrogens is 376 g/mol. The minimum absolute atomic E-state index is 0.0574. The molecule has 5 rings (SSSR count). The van der Waals surface area contributed by atoms with Crippen molar-refractivity contribution in [3.05, 3.63) is 59.7 Å². The third-order valence-corrected chi connectivity index (χ3v) is 6.62. The first kappa shape index (κ1) is 19.4. The van der Waals surface area contributed by atoms with E-state index in [2.05, 4.69) is 34.1 Å². The molecule has 30 heavy (non-hydrogen) atoms. The van der Waals surface area contributed by atoms with E-state index < -0.39 is 0 Å². The van der Waals surface area contributed by atoms with E-state index in [0.717, 1.165) is 62.6 Å². The van der Waals surface area contributed by atoms with Gasteiger partial charge in [-0.1, -0.05) is 36.4 Å². The summed E-state index contributed by atoms with van der Waals surface area (Å²) in [4.78, 5) is 16.5. The van der Waals surface area contributed by atoms with E-state index in [4.69, 9.17) is 9.47 Å². The number of amides is 1. The maximum absolute atomic E-state index is 11.9. The third-order valence-electron chi connectivity index (χ3n) is 6.62. The Hall–Kier alpha value is -2.53. The van der Waals surface area contributed by atoms with Gasteiger partial charge in [0.1, 0.15) is 6.61 Å². The summed E-state index contributed by atoms with van der Waals surface area (Å²) in [6, 6.07) is 16.6. The molecule has 0 aromatic heterocycles. The largest absolute Gasteiger partial charge is 0.485 e. The fourth-order valence-electron chi connectivity index (χ4n) is 4.82. The zero-order valence-electron chi connectivity index (χ0n) is 17.5. The first-order valence-corrected chi connectivity index (χ1v) is 11.2. The fraction of sp³-hybridized carbons (Fsp3) is 0.480. The number of benzene rings is 2. The van der Waals surface area contributed by atoms with Crippen molar-refractivity contribution < 1.29 is 14.3 Å². The molecule has 0 spiro atoms. The zero-order valence-corrected chi connectivity index (χ0v) is 17.5. The van der Waals surface area contributed by atoms with Crippen LogP contribution in [0.4, 0.5) is 0 Å². The van der Waals surface area contributed by atoms with Gasteiger partial charge in [-0.15, -0.1) is 0 Å². The molecule has 5 heteroatoms. The van der Waals surface area contributed by atoms with Crippen molar-refractivity contribution in [1.82, 2.24) is 9.80 Å². The molecule has 5 nitrogen and oxygen atoms in total. The normalized spacial score (nSPS) is 22.5. The molecule has 0 radical (unpaired) electrons. The highest BCUT2D eigenvalue weighted by Gasteiger charge is 2.26. The highest BCUT2D eigenvalue weighted by atomic mass is 16.6. The van der Waals surface area contributed by atoms with Crippen molar-refractivity contribution in [2.45, 2.75) is 38.3 Å². The SMILES string of the molecule is O=C1CCCN1CC1CCN(Cc2ccc([C@H]3COc4ccccc4O3)cc2)CC1. The quantitative estimate of drug-likeness (QED) is 0.752. The summed E-state index contributed by atoms with van der Waals surface area (Å²) in [5.41, 5.74) is 2.49. The molecule has 2 aromatic carbocycles. The van der Waals surface area contributed by atoms with Crippen molar-refractivity contribution in [3.8, 4) is 11.5 Å². The molecule has 0 bridgehead atoms. The van der Waals surface area contributed by atoms with Crippen LogP contribution in [0, 0.1) is 5.92 Å². The van der Waals surface area contributed by atoms with E-state index in [1.54, 1.807) is 0 Å². The molecule has 1 amide bonds. The first-order valence-electron chi connectivity index (χ1n) is 11.2. The van der Waals surface area contributed by atoms with Crippen LogP contribution in [0.25, 0.3) is 0 Å². The predicted molar refractivity (Wildman–Crippen MR) is 116 cm³/mol. The lowest BCUT2D eigenvalue weighted by atomic mass is 9.95. The van der Waals surface area contributed by atoms with E-state index in [1.807, 2.05) is 24.3 Å². The molecule has 0 N–H and O–H groups in total. The maximum atomic E-state index is 11.9. The highest BCUT2D eigenvalue weighted by Crippen LogP contribution is 2.36. The van der Waals surface area contributed by atoms with Gasteiger partial charge in [0.15, 0.2) is 17.6 Å². The number of hydrogen-bond acceptors (Lipinski definition) is 4. The molecule has 3 aliphatic heterocycles. The Labute approximate surface area is 178 Å². The number of likely N-dealkylation sites (tertiary alicyclic amines) is 2. The Morgan fingerprint density at radius 3 is 2.43 bits per heavy atom. The molecule has 3 heterocycles. The molecule has 1 atom stereocenters. The lowest BCUT2D eigenvalue weighted by molar-refractivity contribution is -0.128. The topological polar surface area (TPSA) is 42.0 Å². The lowest BCUT2D eigenvalue weighted by Gasteiger charge is -2.34. The van der Waals surface area contributed by atoms with Crippen LogP contribution in [0.2, 0.25) is 0 Å². The average Bonchev–Trinajstić information content (AvgIpc) is 3.19. The van der Waals surface area contributed by atoms with Gasteiger partial charge < -0.3 is 14.4 Å². The van der Waals surface area contributed by atoms with E-state index in [-0.39, 0.29) is 6.10 Å². The standard InChI is InChI=1S/C25H30N2O3/c28-25-6-3-13-27(25)17-20-11-14-26(15-12-20)16-19-7-9-21(10-8-19)24-18-29-22-4-1-2-5-23(22)30-24/h1-2,4-5,7-10,20,24H,3,6,11-18H2/t24-/m1/s1. The Morgan fingerprint density at radius 2 is 1.70 bits per heavy atom. The molecule has 2 fully saturated rings.